The monoisotopic (exact) mass is 487 g/mol. The fourth-order valence-electron chi connectivity index (χ4n) is 3.13. The third kappa shape index (κ3) is 7.11. The van der Waals surface area contributed by atoms with Gasteiger partial charge in [-0.05, 0) is 42.8 Å². The molecule has 2 aromatic carbocycles. The number of amides is 6. The SMILES string of the molecule is CCC(CNC(=O)Nc1ccc(NC(=O)CCN2C(=O)CNC2=O)cc1)Oc1ccccc1Cl. The van der Waals surface area contributed by atoms with E-state index in [4.69, 9.17) is 16.3 Å². The largest absolute Gasteiger partial charge is 0.487 e. The molecule has 0 aromatic heterocycles. The molecule has 3 rings (SSSR count). The van der Waals surface area contributed by atoms with Crippen molar-refractivity contribution >= 4 is 46.9 Å². The molecule has 6 amide bonds. The summed E-state index contributed by atoms with van der Waals surface area (Å²) in [7, 11) is 0. The number of anilines is 2. The number of para-hydroxylation sites is 1. The number of halogens is 1. The van der Waals surface area contributed by atoms with Crippen molar-refractivity contribution in [1.29, 1.82) is 0 Å². The van der Waals surface area contributed by atoms with E-state index in [-0.39, 0.29) is 37.4 Å². The lowest BCUT2D eigenvalue weighted by atomic mass is 10.2. The van der Waals surface area contributed by atoms with Crippen molar-refractivity contribution in [3.63, 3.8) is 0 Å². The second-order valence-electron chi connectivity index (χ2n) is 7.49. The number of rotatable bonds is 10. The van der Waals surface area contributed by atoms with Crippen LogP contribution in [0.1, 0.15) is 19.8 Å². The Balaban J connectivity index is 1.41. The minimum atomic E-state index is -0.493. The van der Waals surface area contributed by atoms with Crippen LogP contribution >= 0.6 is 11.6 Å². The van der Waals surface area contributed by atoms with Gasteiger partial charge >= 0.3 is 12.1 Å². The Hall–Kier alpha value is -3.79. The number of hydrogen-bond donors (Lipinski definition) is 4. The molecule has 4 N–H and O–H groups in total. The molecule has 180 valence electrons. The van der Waals surface area contributed by atoms with Gasteiger partial charge in [-0.15, -0.1) is 0 Å². The Kier molecular flexibility index (Phi) is 8.69. The first-order chi connectivity index (χ1) is 16.4. The Morgan fingerprint density at radius 3 is 2.38 bits per heavy atom. The number of imide groups is 1. The van der Waals surface area contributed by atoms with E-state index in [0.29, 0.717) is 35.1 Å². The van der Waals surface area contributed by atoms with Crippen LogP contribution in [-0.2, 0) is 9.59 Å². The van der Waals surface area contributed by atoms with E-state index in [1.807, 2.05) is 19.1 Å². The van der Waals surface area contributed by atoms with Gasteiger partial charge in [0.05, 0.1) is 18.1 Å². The first-order valence-corrected chi connectivity index (χ1v) is 11.2. The van der Waals surface area contributed by atoms with Crippen molar-refractivity contribution in [2.75, 3.05) is 30.3 Å². The van der Waals surface area contributed by atoms with Crippen LogP contribution < -0.4 is 26.0 Å². The first kappa shape index (κ1) is 24.8. The number of nitrogens with one attached hydrogen (secondary N) is 4. The van der Waals surface area contributed by atoms with Crippen LogP contribution in [0, 0.1) is 0 Å². The predicted octanol–water partition coefficient (Wildman–Crippen LogP) is 3.20. The van der Waals surface area contributed by atoms with Crippen LogP contribution in [0.15, 0.2) is 48.5 Å². The molecule has 2 aromatic rings. The van der Waals surface area contributed by atoms with Crippen molar-refractivity contribution in [1.82, 2.24) is 15.5 Å². The van der Waals surface area contributed by atoms with E-state index in [0.717, 1.165) is 4.90 Å². The number of urea groups is 2. The minimum Gasteiger partial charge on any atom is -0.487 e. The van der Waals surface area contributed by atoms with Crippen LogP contribution in [0.5, 0.6) is 5.75 Å². The Bertz CT molecular complexity index is 1030. The van der Waals surface area contributed by atoms with E-state index < -0.39 is 12.1 Å². The van der Waals surface area contributed by atoms with Crippen LogP contribution in [0.2, 0.25) is 5.02 Å². The molecule has 0 aliphatic carbocycles. The molecule has 1 heterocycles. The fraction of sp³-hybridized carbons (Fsp3) is 0.304. The summed E-state index contributed by atoms with van der Waals surface area (Å²) < 4.78 is 5.85. The van der Waals surface area contributed by atoms with Gasteiger partial charge in [-0.3, -0.25) is 14.5 Å². The van der Waals surface area contributed by atoms with Gasteiger partial charge in [0, 0.05) is 24.3 Å². The number of benzene rings is 2. The summed E-state index contributed by atoms with van der Waals surface area (Å²) in [6.07, 6.45) is 0.414. The van der Waals surface area contributed by atoms with E-state index in [9.17, 15) is 19.2 Å². The highest BCUT2D eigenvalue weighted by molar-refractivity contribution is 6.32. The smallest absolute Gasteiger partial charge is 0.324 e. The topological polar surface area (TPSA) is 129 Å². The maximum absolute atomic E-state index is 12.2. The number of carbonyl (C=O) groups is 4. The van der Waals surface area contributed by atoms with Crippen molar-refractivity contribution in [3.8, 4) is 5.75 Å². The molecule has 34 heavy (non-hydrogen) atoms. The molecule has 1 saturated heterocycles. The molecule has 10 nitrogen and oxygen atoms in total. The van der Waals surface area contributed by atoms with Gasteiger partial charge in [-0.2, -0.15) is 0 Å². The Morgan fingerprint density at radius 2 is 1.76 bits per heavy atom. The highest BCUT2D eigenvalue weighted by atomic mass is 35.5. The highest BCUT2D eigenvalue weighted by Gasteiger charge is 2.28. The molecule has 0 saturated carbocycles. The lowest BCUT2D eigenvalue weighted by molar-refractivity contribution is -0.125. The standard InChI is InChI=1S/C23H26ClN5O5/c1-2-17(34-19-6-4-3-5-18(19)24)13-25-22(32)28-16-9-7-15(8-10-16)27-20(30)11-12-29-21(31)14-26-23(29)33/h3-10,17H,2,11-14H2,1H3,(H,26,33)(H,27,30)(H2,25,28,32). The first-order valence-electron chi connectivity index (χ1n) is 10.8. The summed E-state index contributed by atoms with van der Waals surface area (Å²) in [5.41, 5.74) is 1.06. The van der Waals surface area contributed by atoms with Crippen LogP contribution in [-0.4, -0.2) is 54.5 Å². The molecule has 1 fully saturated rings. The third-order valence-electron chi connectivity index (χ3n) is 5.00. The van der Waals surface area contributed by atoms with Gasteiger partial charge < -0.3 is 26.0 Å². The molecule has 1 atom stereocenters. The van der Waals surface area contributed by atoms with Gasteiger partial charge in [0.15, 0.2) is 0 Å². The van der Waals surface area contributed by atoms with Crippen molar-refractivity contribution in [3.05, 3.63) is 53.6 Å². The lowest BCUT2D eigenvalue weighted by Gasteiger charge is -2.19. The number of nitrogens with zero attached hydrogens (tertiary/aromatic N) is 1. The molecular weight excluding hydrogens is 462 g/mol. The summed E-state index contributed by atoms with van der Waals surface area (Å²) in [6, 6.07) is 12.8. The quantitative estimate of drug-likeness (QED) is 0.382. The number of ether oxygens (including phenoxy) is 1. The summed E-state index contributed by atoms with van der Waals surface area (Å²) in [6.45, 7) is 2.20. The van der Waals surface area contributed by atoms with Crippen LogP contribution in [0.25, 0.3) is 0 Å². The van der Waals surface area contributed by atoms with Gasteiger partial charge in [0.2, 0.25) is 11.8 Å². The Morgan fingerprint density at radius 1 is 1.09 bits per heavy atom. The molecule has 0 spiro atoms. The summed E-state index contributed by atoms with van der Waals surface area (Å²) >= 11 is 6.12. The van der Waals surface area contributed by atoms with E-state index >= 15 is 0 Å². The van der Waals surface area contributed by atoms with Crippen LogP contribution in [0.3, 0.4) is 0 Å². The normalized spacial score (nSPS) is 13.8. The molecule has 11 heteroatoms. The maximum atomic E-state index is 12.2. The second kappa shape index (κ2) is 11.9. The van der Waals surface area contributed by atoms with Crippen LogP contribution in [0.4, 0.5) is 21.0 Å². The van der Waals surface area contributed by atoms with Crippen molar-refractivity contribution < 1.29 is 23.9 Å². The summed E-state index contributed by atoms with van der Waals surface area (Å²) in [4.78, 5) is 48.4. The Labute approximate surface area is 202 Å². The van der Waals surface area contributed by atoms with E-state index in [1.165, 1.54) is 0 Å². The molecule has 0 radical (unpaired) electrons. The van der Waals surface area contributed by atoms with Crippen molar-refractivity contribution in [2.45, 2.75) is 25.9 Å². The highest BCUT2D eigenvalue weighted by Crippen LogP contribution is 2.24. The molecular formula is C23H26ClN5O5. The van der Waals surface area contributed by atoms with Gasteiger partial charge in [0.25, 0.3) is 0 Å². The zero-order valence-corrected chi connectivity index (χ0v) is 19.4. The zero-order chi connectivity index (χ0) is 24.5. The maximum Gasteiger partial charge on any atom is 0.324 e. The summed E-state index contributed by atoms with van der Waals surface area (Å²) in [5.74, 6) is -0.131. The molecule has 0 bridgehead atoms. The van der Waals surface area contributed by atoms with Gasteiger partial charge in [-0.25, -0.2) is 9.59 Å². The van der Waals surface area contributed by atoms with E-state index in [2.05, 4.69) is 21.3 Å². The van der Waals surface area contributed by atoms with E-state index in [1.54, 1.807) is 36.4 Å². The molecule has 1 aliphatic heterocycles. The van der Waals surface area contributed by atoms with Gasteiger partial charge in [0.1, 0.15) is 11.9 Å². The fourth-order valence-corrected chi connectivity index (χ4v) is 3.31. The molecule has 1 aliphatic rings. The zero-order valence-electron chi connectivity index (χ0n) is 18.6. The lowest BCUT2D eigenvalue weighted by Crippen LogP contribution is -2.37. The predicted molar refractivity (Wildman–Crippen MR) is 128 cm³/mol. The van der Waals surface area contributed by atoms with Gasteiger partial charge in [-0.1, -0.05) is 30.7 Å². The third-order valence-corrected chi connectivity index (χ3v) is 5.31. The second-order valence-corrected chi connectivity index (χ2v) is 7.90. The average Bonchev–Trinajstić information content (AvgIpc) is 3.14. The molecule has 1 unspecified atom stereocenters. The number of carbonyl (C=O) groups excluding carboxylic acids is 4. The van der Waals surface area contributed by atoms with Crippen molar-refractivity contribution in [2.24, 2.45) is 0 Å². The minimum absolute atomic E-state index is 0.00918. The average molecular weight is 488 g/mol. The summed E-state index contributed by atoms with van der Waals surface area (Å²) in [5, 5.41) is 11.1. The number of hydrogen-bond acceptors (Lipinski definition) is 5.